The average Bonchev–Trinajstić information content (AvgIpc) is 2.97. The van der Waals surface area contributed by atoms with Crippen LogP contribution in [0, 0.1) is 0 Å². The maximum absolute atomic E-state index is 11.6. The molecule has 0 unspecified atom stereocenters. The van der Waals surface area contributed by atoms with Crippen LogP contribution in [-0.4, -0.2) is 47.9 Å². The second kappa shape index (κ2) is 6.24. The van der Waals surface area contributed by atoms with E-state index in [1.54, 1.807) is 11.6 Å². The standard InChI is InChI=1S/C8H8N6O3S2/c15-5(10-7-9-1-2-18-7)4-19-8-11-12-13-14(8)3-6(16)17/h1-2H,3-4H2,(H,16,17)(H,9,10,15). The van der Waals surface area contributed by atoms with E-state index in [9.17, 15) is 9.59 Å². The Kier molecular flexibility index (Phi) is 4.41. The lowest BCUT2D eigenvalue weighted by atomic mass is 10.7. The molecule has 2 N–H and O–H groups in total. The number of thiazole rings is 1. The Hall–Kier alpha value is -2.01. The lowest BCUT2D eigenvalue weighted by Gasteiger charge is -2.01. The first kappa shape index (κ1) is 13.4. The summed E-state index contributed by atoms with van der Waals surface area (Å²) in [4.78, 5) is 26.0. The molecule has 0 aliphatic rings. The minimum atomic E-state index is -1.05. The van der Waals surface area contributed by atoms with Crippen LogP contribution in [0.15, 0.2) is 16.7 Å². The lowest BCUT2D eigenvalue weighted by Crippen LogP contribution is -2.15. The Balaban J connectivity index is 1.86. The van der Waals surface area contributed by atoms with Crippen molar-refractivity contribution in [3.05, 3.63) is 11.6 Å². The van der Waals surface area contributed by atoms with Gasteiger partial charge < -0.3 is 10.4 Å². The molecule has 0 bridgehead atoms. The summed E-state index contributed by atoms with van der Waals surface area (Å²) in [6.45, 7) is -0.344. The van der Waals surface area contributed by atoms with Crippen molar-refractivity contribution in [2.75, 3.05) is 11.1 Å². The van der Waals surface area contributed by atoms with Gasteiger partial charge in [-0.25, -0.2) is 9.67 Å². The van der Waals surface area contributed by atoms with Gasteiger partial charge in [0.25, 0.3) is 0 Å². The highest BCUT2D eigenvalue weighted by molar-refractivity contribution is 7.99. The van der Waals surface area contributed by atoms with Crippen molar-refractivity contribution >= 4 is 40.1 Å². The number of tetrazole rings is 1. The zero-order valence-electron chi connectivity index (χ0n) is 9.39. The van der Waals surface area contributed by atoms with Gasteiger partial charge in [0.15, 0.2) is 5.13 Å². The smallest absolute Gasteiger partial charge is 0.325 e. The molecular formula is C8H8N6O3S2. The number of thioether (sulfide) groups is 1. The molecule has 0 atom stereocenters. The number of carbonyl (C=O) groups excluding carboxylic acids is 1. The SMILES string of the molecule is O=C(O)Cn1nnnc1SCC(=O)Nc1nccs1. The van der Waals surface area contributed by atoms with Crippen LogP contribution in [0.25, 0.3) is 0 Å². The van der Waals surface area contributed by atoms with Crippen molar-refractivity contribution in [2.24, 2.45) is 0 Å². The molecule has 0 aliphatic carbocycles. The molecule has 0 fully saturated rings. The first-order valence-corrected chi connectivity index (χ1v) is 6.82. The summed E-state index contributed by atoms with van der Waals surface area (Å²) in [7, 11) is 0. The minimum absolute atomic E-state index is 0.0690. The molecular weight excluding hydrogens is 292 g/mol. The van der Waals surface area contributed by atoms with Gasteiger partial charge >= 0.3 is 5.97 Å². The Labute approximate surface area is 115 Å². The van der Waals surface area contributed by atoms with E-state index in [1.807, 2.05) is 0 Å². The highest BCUT2D eigenvalue weighted by Crippen LogP contribution is 2.15. The fraction of sp³-hybridized carbons (Fsp3) is 0.250. The molecule has 1 amide bonds. The molecule has 0 spiro atoms. The maximum atomic E-state index is 11.6. The third kappa shape index (κ3) is 3.99. The van der Waals surface area contributed by atoms with Crippen LogP contribution >= 0.6 is 23.1 Å². The van der Waals surface area contributed by atoms with Crippen LogP contribution in [0.1, 0.15) is 0 Å². The van der Waals surface area contributed by atoms with E-state index in [-0.39, 0.29) is 23.4 Å². The molecule has 0 aromatic carbocycles. The van der Waals surface area contributed by atoms with E-state index in [1.165, 1.54) is 11.3 Å². The van der Waals surface area contributed by atoms with E-state index in [4.69, 9.17) is 5.11 Å². The monoisotopic (exact) mass is 300 g/mol. The predicted molar refractivity (Wildman–Crippen MR) is 66.9 cm³/mol. The van der Waals surface area contributed by atoms with E-state index in [0.717, 1.165) is 16.4 Å². The van der Waals surface area contributed by atoms with Gasteiger partial charge in [-0.2, -0.15) is 0 Å². The van der Waals surface area contributed by atoms with E-state index < -0.39 is 5.97 Å². The molecule has 0 saturated heterocycles. The number of amides is 1. The van der Waals surface area contributed by atoms with Crippen molar-refractivity contribution in [3.63, 3.8) is 0 Å². The fourth-order valence-electron chi connectivity index (χ4n) is 1.10. The zero-order chi connectivity index (χ0) is 13.7. The van der Waals surface area contributed by atoms with Crippen LogP contribution in [-0.2, 0) is 16.1 Å². The molecule has 2 aromatic rings. The number of rotatable bonds is 6. The van der Waals surface area contributed by atoms with Crippen molar-refractivity contribution in [1.82, 2.24) is 25.2 Å². The van der Waals surface area contributed by atoms with E-state index in [0.29, 0.717) is 5.13 Å². The number of hydrogen-bond donors (Lipinski definition) is 2. The molecule has 19 heavy (non-hydrogen) atoms. The van der Waals surface area contributed by atoms with Crippen molar-refractivity contribution < 1.29 is 14.7 Å². The Bertz CT molecular complexity index is 569. The van der Waals surface area contributed by atoms with Crippen LogP contribution in [0.3, 0.4) is 0 Å². The first-order chi connectivity index (χ1) is 9.15. The van der Waals surface area contributed by atoms with Gasteiger partial charge in [0.1, 0.15) is 6.54 Å². The van der Waals surface area contributed by atoms with Gasteiger partial charge in [0.2, 0.25) is 11.1 Å². The number of hydrogen-bond acceptors (Lipinski definition) is 8. The number of aliphatic carboxylic acids is 1. The van der Waals surface area contributed by atoms with Gasteiger partial charge in [0.05, 0.1) is 5.75 Å². The summed E-state index contributed by atoms with van der Waals surface area (Å²) < 4.78 is 1.11. The number of nitrogens with one attached hydrogen (secondary N) is 1. The summed E-state index contributed by atoms with van der Waals surface area (Å²) in [5, 5.41) is 24.3. The summed E-state index contributed by atoms with van der Waals surface area (Å²) >= 11 is 2.36. The summed E-state index contributed by atoms with van der Waals surface area (Å²) in [6.07, 6.45) is 1.58. The molecule has 9 nitrogen and oxygen atoms in total. The zero-order valence-corrected chi connectivity index (χ0v) is 11.0. The van der Waals surface area contributed by atoms with Gasteiger partial charge in [0, 0.05) is 11.6 Å². The maximum Gasteiger partial charge on any atom is 0.325 e. The molecule has 2 rings (SSSR count). The molecule has 11 heteroatoms. The molecule has 0 saturated carbocycles. The quantitative estimate of drug-likeness (QED) is 0.711. The van der Waals surface area contributed by atoms with Gasteiger partial charge in [-0.15, -0.1) is 16.4 Å². The topological polar surface area (TPSA) is 123 Å². The predicted octanol–water partition coefficient (Wildman–Crippen LogP) is -0.0550. The van der Waals surface area contributed by atoms with Crippen molar-refractivity contribution in [3.8, 4) is 0 Å². The van der Waals surface area contributed by atoms with Crippen LogP contribution in [0.4, 0.5) is 5.13 Å². The summed E-state index contributed by atoms with van der Waals surface area (Å²) in [5.41, 5.74) is 0. The average molecular weight is 300 g/mol. The number of nitrogens with zero attached hydrogens (tertiary/aromatic N) is 5. The van der Waals surface area contributed by atoms with Crippen LogP contribution in [0.2, 0.25) is 0 Å². The van der Waals surface area contributed by atoms with Gasteiger partial charge in [-0.3, -0.25) is 9.59 Å². The van der Waals surface area contributed by atoms with Gasteiger partial charge in [-0.05, 0) is 10.4 Å². The van der Waals surface area contributed by atoms with Crippen molar-refractivity contribution in [2.45, 2.75) is 11.7 Å². The number of carboxylic acids is 1. The number of aromatic nitrogens is 5. The molecule has 2 aromatic heterocycles. The first-order valence-electron chi connectivity index (χ1n) is 4.95. The summed E-state index contributed by atoms with van der Waals surface area (Å²) in [6, 6.07) is 0. The molecule has 0 aliphatic heterocycles. The number of carbonyl (C=O) groups is 2. The third-order valence-electron chi connectivity index (χ3n) is 1.80. The highest BCUT2D eigenvalue weighted by atomic mass is 32.2. The van der Waals surface area contributed by atoms with E-state index >= 15 is 0 Å². The minimum Gasteiger partial charge on any atom is -0.480 e. The Morgan fingerprint density at radius 2 is 2.37 bits per heavy atom. The molecule has 2 heterocycles. The number of anilines is 1. The van der Waals surface area contributed by atoms with Crippen molar-refractivity contribution in [1.29, 1.82) is 0 Å². The van der Waals surface area contributed by atoms with Crippen LogP contribution < -0.4 is 5.32 Å². The molecule has 0 radical (unpaired) electrons. The van der Waals surface area contributed by atoms with E-state index in [2.05, 4.69) is 25.8 Å². The second-order valence-electron chi connectivity index (χ2n) is 3.19. The van der Waals surface area contributed by atoms with Crippen LogP contribution in [0.5, 0.6) is 0 Å². The largest absolute Gasteiger partial charge is 0.480 e. The fourth-order valence-corrected chi connectivity index (χ4v) is 2.32. The normalized spacial score (nSPS) is 10.3. The number of carboxylic acid groups (broad SMARTS) is 1. The highest BCUT2D eigenvalue weighted by Gasteiger charge is 2.12. The Morgan fingerprint density at radius 3 is 3.05 bits per heavy atom. The lowest BCUT2D eigenvalue weighted by molar-refractivity contribution is -0.138. The second-order valence-corrected chi connectivity index (χ2v) is 5.02. The Morgan fingerprint density at radius 1 is 1.53 bits per heavy atom. The summed E-state index contributed by atoms with van der Waals surface area (Å²) in [5.74, 6) is -1.24. The van der Waals surface area contributed by atoms with Gasteiger partial charge in [-0.1, -0.05) is 11.8 Å². The molecule has 100 valence electrons. The third-order valence-corrected chi connectivity index (χ3v) is 3.44.